The van der Waals surface area contributed by atoms with E-state index in [0.717, 1.165) is 36.2 Å². The fourth-order valence-electron chi connectivity index (χ4n) is 2.52. The van der Waals surface area contributed by atoms with Gasteiger partial charge in [0.05, 0.1) is 18.8 Å². The molecule has 2 aromatic heterocycles. The van der Waals surface area contributed by atoms with Crippen molar-refractivity contribution >= 4 is 11.6 Å². The summed E-state index contributed by atoms with van der Waals surface area (Å²) in [5.74, 6) is 2.67. The van der Waals surface area contributed by atoms with Gasteiger partial charge in [0.2, 0.25) is 0 Å². The number of aryl methyl sites for hydroxylation is 1. The van der Waals surface area contributed by atoms with Crippen LogP contribution in [0.5, 0.6) is 0 Å². The maximum absolute atomic E-state index is 5.91. The number of morpholine rings is 1. The summed E-state index contributed by atoms with van der Waals surface area (Å²) >= 11 is 0. The zero-order chi connectivity index (χ0) is 15.5. The van der Waals surface area contributed by atoms with Crippen molar-refractivity contribution in [2.75, 3.05) is 43.6 Å². The van der Waals surface area contributed by atoms with Gasteiger partial charge < -0.3 is 14.5 Å². The molecule has 22 heavy (non-hydrogen) atoms. The van der Waals surface area contributed by atoms with E-state index in [2.05, 4.69) is 19.9 Å². The predicted octanol–water partition coefficient (Wildman–Crippen LogP) is 1.82. The van der Waals surface area contributed by atoms with E-state index < -0.39 is 0 Å². The first-order valence-corrected chi connectivity index (χ1v) is 7.44. The highest BCUT2D eigenvalue weighted by atomic mass is 16.5. The van der Waals surface area contributed by atoms with Gasteiger partial charge in [-0.15, -0.1) is 0 Å². The molecule has 1 atom stereocenters. The molecule has 1 fully saturated rings. The summed E-state index contributed by atoms with van der Waals surface area (Å²) in [4.78, 5) is 17.6. The number of anilines is 2. The van der Waals surface area contributed by atoms with Crippen LogP contribution in [0.1, 0.15) is 17.6 Å². The topological polar surface area (TPSA) is 54.4 Å². The van der Waals surface area contributed by atoms with Crippen LogP contribution < -0.4 is 9.80 Å². The highest BCUT2D eigenvalue weighted by Gasteiger charge is 2.24. The van der Waals surface area contributed by atoms with Crippen LogP contribution in [-0.2, 0) is 4.74 Å². The predicted molar refractivity (Wildman–Crippen MR) is 86.2 cm³/mol. The van der Waals surface area contributed by atoms with E-state index in [1.54, 1.807) is 6.20 Å². The van der Waals surface area contributed by atoms with Crippen molar-refractivity contribution in [2.45, 2.75) is 13.0 Å². The third-order valence-electron chi connectivity index (χ3n) is 3.70. The van der Waals surface area contributed by atoms with E-state index in [1.807, 2.05) is 50.2 Å². The molecule has 1 saturated heterocycles. The van der Waals surface area contributed by atoms with Crippen molar-refractivity contribution in [2.24, 2.45) is 0 Å². The number of nitrogens with zero attached hydrogens (tertiary/aromatic N) is 5. The van der Waals surface area contributed by atoms with Gasteiger partial charge >= 0.3 is 0 Å². The molecule has 0 saturated carbocycles. The molecule has 0 amide bonds. The quantitative estimate of drug-likeness (QED) is 0.862. The molecule has 0 N–H and O–H groups in total. The molecule has 3 heterocycles. The van der Waals surface area contributed by atoms with Crippen LogP contribution in [0.3, 0.4) is 0 Å². The molecular weight excluding hydrogens is 278 g/mol. The lowest BCUT2D eigenvalue weighted by molar-refractivity contribution is 0.0368. The Balaban J connectivity index is 1.79. The zero-order valence-corrected chi connectivity index (χ0v) is 13.2. The molecule has 0 aromatic carbocycles. The second-order valence-electron chi connectivity index (χ2n) is 5.58. The third-order valence-corrected chi connectivity index (χ3v) is 3.70. The maximum atomic E-state index is 5.91. The second kappa shape index (κ2) is 6.27. The number of rotatable bonds is 3. The van der Waals surface area contributed by atoms with E-state index in [4.69, 9.17) is 4.74 Å². The summed E-state index contributed by atoms with van der Waals surface area (Å²) in [6, 6.07) is 7.98. The van der Waals surface area contributed by atoms with Crippen molar-refractivity contribution < 1.29 is 4.74 Å². The Labute approximate surface area is 130 Å². The fraction of sp³-hybridized carbons (Fsp3) is 0.438. The summed E-state index contributed by atoms with van der Waals surface area (Å²) in [7, 11) is 3.98. The Morgan fingerprint density at radius 3 is 2.86 bits per heavy atom. The standard InChI is InChI=1S/C16H21N5O/c1-12-17-8-7-16(18-12)21-9-10-22-14(11-21)13-5-4-6-15(19-13)20(2)3/h4-8,14H,9-11H2,1-3H3/t14-/m0/s1. The largest absolute Gasteiger partial charge is 0.368 e. The van der Waals surface area contributed by atoms with Gasteiger partial charge in [0.15, 0.2) is 0 Å². The number of pyridine rings is 1. The number of ether oxygens (including phenoxy) is 1. The van der Waals surface area contributed by atoms with Crippen LogP contribution in [0.4, 0.5) is 11.6 Å². The third kappa shape index (κ3) is 3.17. The molecule has 0 bridgehead atoms. The van der Waals surface area contributed by atoms with Gasteiger partial charge in [0, 0.05) is 26.8 Å². The summed E-state index contributed by atoms with van der Waals surface area (Å²) in [6.45, 7) is 4.16. The number of hydrogen-bond donors (Lipinski definition) is 0. The molecule has 6 heteroatoms. The zero-order valence-electron chi connectivity index (χ0n) is 13.2. The van der Waals surface area contributed by atoms with Crippen molar-refractivity contribution in [1.29, 1.82) is 0 Å². The van der Waals surface area contributed by atoms with Crippen molar-refractivity contribution in [1.82, 2.24) is 15.0 Å². The molecule has 2 aromatic rings. The summed E-state index contributed by atoms with van der Waals surface area (Å²) < 4.78 is 5.91. The molecule has 116 valence electrons. The maximum Gasteiger partial charge on any atom is 0.132 e. The SMILES string of the molecule is Cc1nccc(N2CCO[C@H](c3cccc(N(C)C)n3)C2)n1. The van der Waals surface area contributed by atoms with Gasteiger partial charge in [0.25, 0.3) is 0 Å². The average molecular weight is 299 g/mol. The lowest BCUT2D eigenvalue weighted by Gasteiger charge is -2.33. The van der Waals surface area contributed by atoms with E-state index in [0.29, 0.717) is 6.61 Å². The molecular formula is C16H21N5O. The summed E-state index contributed by atoms with van der Waals surface area (Å²) in [5.41, 5.74) is 0.960. The van der Waals surface area contributed by atoms with Gasteiger partial charge in [-0.1, -0.05) is 6.07 Å². The van der Waals surface area contributed by atoms with Crippen LogP contribution in [0, 0.1) is 6.92 Å². The lowest BCUT2D eigenvalue weighted by Crippen LogP contribution is -2.39. The molecule has 0 radical (unpaired) electrons. The van der Waals surface area contributed by atoms with E-state index in [9.17, 15) is 0 Å². The van der Waals surface area contributed by atoms with Crippen molar-refractivity contribution in [3.8, 4) is 0 Å². The summed E-state index contributed by atoms with van der Waals surface area (Å²) in [5, 5.41) is 0. The van der Waals surface area contributed by atoms with Gasteiger partial charge in [0.1, 0.15) is 23.6 Å². The minimum absolute atomic E-state index is 0.0380. The molecule has 0 aliphatic carbocycles. The molecule has 6 nitrogen and oxygen atoms in total. The van der Waals surface area contributed by atoms with Crippen molar-refractivity contribution in [3.05, 3.63) is 42.0 Å². The Bertz CT molecular complexity index is 646. The molecule has 0 unspecified atom stereocenters. The van der Waals surface area contributed by atoms with Crippen molar-refractivity contribution in [3.63, 3.8) is 0 Å². The lowest BCUT2D eigenvalue weighted by atomic mass is 10.2. The van der Waals surface area contributed by atoms with Crippen LogP contribution in [0.2, 0.25) is 0 Å². The first kappa shape index (κ1) is 14.7. The average Bonchev–Trinajstić information content (AvgIpc) is 2.55. The number of hydrogen-bond acceptors (Lipinski definition) is 6. The first-order valence-electron chi connectivity index (χ1n) is 7.44. The summed E-state index contributed by atoms with van der Waals surface area (Å²) in [6.07, 6.45) is 1.76. The fourth-order valence-corrected chi connectivity index (χ4v) is 2.52. The molecule has 1 aliphatic heterocycles. The molecule has 1 aliphatic rings. The first-order chi connectivity index (χ1) is 10.6. The smallest absolute Gasteiger partial charge is 0.132 e. The minimum Gasteiger partial charge on any atom is -0.368 e. The van der Waals surface area contributed by atoms with E-state index in [1.165, 1.54) is 0 Å². The Kier molecular flexibility index (Phi) is 4.20. The van der Waals surface area contributed by atoms with Gasteiger partial charge in [-0.25, -0.2) is 15.0 Å². The van der Waals surface area contributed by atoms with Crippen LogP contribution in [0.25, 0.3) is 0 Å². The van der Waals surface area contributed by atoms with Gasteiger partial charge in [-0.2, -0.15) is 0 Å². The number of aromatic nitrogens is 3. The Morgan fingerprint density at radius 2 is 2.09 bits per heavy atom. The molecule has 0 spiro atoms. The normalized spacial score (nSPS) is 18.3. The second-order valence-corrected chi connectivity index (χ2v) is 5.58. The van der Waals surface area contributed by atoms with Crippen LogP contribution in [0.15, 0.2) is 30.5 Å². The Morgan fingerprint density at radius 1 is 1.23 bits per heavy atom. The highest BCUT2D eigenvalue weighted by Crippen LogP contribution is 2.25. The van der Waals surface area contributed by atoms with Crippen LogP contribution in [-0.4, -0.2) is 48.7 Å². The van der Waals surface area contributed by atoms with Gasteiger partial charge in [-0.05, 0) is 25.1 Å². The van der Waals surface area contributed by atoms with E-state index >= 15 is 0 Å². The minimum atomic E-state index is -0.0380. The van der Waals surface area contributed by atoms with Gasteiger partial charge in [-0.3, -0.25) is 0 Å². The Hall–Kier alpha value is -2.21. The monoisotopic (exact) mass is 299 g/mol. The molecule has 3 rings (SSSR count). The van der Waals surface area contributed by atoms with E-state index in [-0.39, 0.29) is 6.10 Å². The van der Waals surface area contributed by atoms with Crippen LogP contribution >= 0.6 is 0 Å². The highest BCUT2D eigenvalue weighted by molar-refractivity contribution is 5.40.